The van der Waals surface area contributed by atoms with Gasteiger partial charge in [-0.15, -0.1) is 0 Å². The third-order valence-corrected chi connectivity index (χ3v) is 3.26. The van der Waals surface area contributed by atoms with Gasteiger partial charge in [-0.2, -0.15) is 0 Å². The summed E-state index contributed by atoms with van der Waals surface area (Å²) >= 11 is 0. The van der Waals surface area contributed by atoms with Crippen LogP contribution in [0, 0.1) is 17.8 Å². The molecule has 1 heterocycles. The highest BCUT2D eigenvalue weighted by atomic mass is 16.5. The molecule has 1 rings (SSSR count). The lowest BCUT2D eigenvalue weighted by Gasteiger charge is -2.24. The Kier molecular flexibility index (Phi) is 5.77. The van der Waals surface area contributed by atoms with Gasteiger partial charge in [-0.3, -0.25) is 4.79 Å². The summed E-state index contributed by atoms with van der Waals surface area (Å²) in [6.07, 6.45) is 2.18. The molecule has 1 atom stereocenters. The molecule has 0 radical (unpaired) electrons. The van der Waals surface area contributed by atoms with Crippen LogP contribution in [0.15, 0.2) is 0 Å². The van der Waals surface area contributed by atoms with Crippen LogP contribution in [-0.4, -0.2) is 37.4 Å². The molecule has 0 aromatic rings. The van der Waals surface area contributed by atoms with Crippen molar-refractivity contribution in [2.45, 2.75) is 26.7 Å². The molecule has 0 amide bonds. The number of nitrogens with one attached hydrogen (secondary N) is 1. The van der Waals surface area contributed by atoms with Gasteiger partial charge in [-0.05, 0) is 31.2 Å². The van der Waals surface area contributed by atoms with E-state index >= 15 is 0 Å². The van der Waals surface area contributed by atoms with E-state index < -0.39 is 5.97 Å². The molecule has 0 saturated carbocycles. The van der Waals surface area contributed by atoms with Gasteiger partial charge in [0.05, 0.1) is 5.92 Å². The van der Waals surface area contributed by atoms with Gasteiger partial charge < -0.3 is 15.2 Å². The molecular formula is C12H23NO3. The third-order valence-electron chi connectivity index (χ3n) is 3.26. The summed E-state index contributed by atoms with van der Waals surface area (Å²) in [4.78, 5) is 11.0. The summed E-state index contributed by atoms with van der Waals surface area (Å²) in [5.74, 6) is -0.149. The first-order valence-corrected chi connectivity index (χ1v) is 6.12. The van der Waals surface area contributed by atoms with Gasteiger partial charge in [-0.1, -0.05) is 13.8 Å². The molecule has 0 aromatic carbocycles. The summed E-state index contributed by atoms with van der Waals surface area (Å²) in [7, 11) is 0. The van der Waals surface area contributed by atoms with E-state index in [0.29, 0.717) is 12.5 Å². The van der Waals surface area contributed by atoms with Gasteiger partial charge in [-0.25, -0.2) is 0 Å². The molecular weight excluding hydrogens is 206 g/mol. The van der Waals surface area contributed by atoms with Crippen molar-refractivity contribution in [3.63, 3.8) is 0 Å². The first-order valence-electron chi connectivity index (χ1n) is 6.12. The van der Waals surface area contributed by atoms with Crippen molar-refractivity contribution in [3.8, 4) is 0 Å². The first kappa shape index (κ1) is 13.5. The van der Waals surface area contributed by atoms with E-state index in [1.54, 1.807) is 0 Å². The van der Waals surface area contributed by atoms with Crippen molar-refractivity contribution >= 4 is 5.97 Å². The molecule has 0 aromatic heterocycles. The SMILES string of the molecule is CC(C)C(CNCC1CCOCC1)C(=O)O. The van der Waals surface area contributed by atoms with Gasteiger partial charge >= 0.3 is 5.97 Å². The molecule has 1 fully saturated rings. The number of ether oxygens (including phenoxy) is 1. The number of rotatable bonds is 6. The highest BCUT2D eigenvalue weighted by Crippen LogP contribution is 2.14. The number of aliphatic carboxylic acids is 1. The zero-order chi connectivity index (χ0) is 12.0. The second-order valence-corrected chi connectivity index (χ2v) is 4.90. The average Bonchev–Trinajstić information content (AvgIpc) is 2.24. The Morgan fingerprint density at radius 2 is 2.06 bits per heavy atom. The number of carboxylic acids is 1. The second-order valence-electron chi connectivity index (χ2n) is 4.90. The summed E-state index contributed by atoms with van der Waals surface area (Å²) in [5.41, 5.74) is 0. The van der Waals surface area contributed by atoms with Crippen LogP contribution in [0.2, 0.25) is 0 Å². The minimum atomic E-state index is -0.700. The van der Waals surface area contributed by atoms with Gasteiger partial charge in [0.15, 0.2) is 0 Å². The van der Waals surface area contributed by atoms with Crippen LogP contribution >= 0.6 is 0 Å². The fraction of sp³-hybridized carbons (Fsp3) is 0.917. The van der Waals surface area contributed by atoms with Crippen molar-refractivity contribution in [1.82, 2.24) is 5.32 Å². The van der Waals surface area contributed by atoms with Crippen molar-refractivity contribution in [1.29, 1.82) is 0 Å². The molecule has 4 heteroatoms. The number of hydrogen-bond acceptors (Lipinski definition) is 3. The third kappa shape index (κ3) is 4.49. The van der Waals surface area contributed by atoms with E-state index in [0.717, 1.165) is 32.6 Å². The molecule has 94 valence electrons. The van der Waals surface area contributed by atoms with Gasteiger partial charge in [0.1, 0.15) is 0 Å². The molecule has 0 spiro atoms. The van der Waals surface area contributed by atoms with Crippen LogP contribution in [-0.2, 0) is 9.53 Å². The fourth-order valence-corrected chi connectivity index (χ4v) is 2.00. The van der Waals surface area contributed by atoms with Crippen LogP contribution < -0.4 is 5.32 Å². The van der Waals surface area contributed by atoms with Crippen molar-refractivity contribution in [2.75, 3.05) is 26.3 Å². The van der Waals surface area contributed by atoms with Crippen LogP contribution in [0.5, 0.6) is 0 Å². The molecule has 1 unspecified atom stereocenters. The van der Waals surface area contributed by atoms with Crippen LogP contribution in [0.25, 0.3) is 0 Å². The Morgan fingerprint density at radius 3 is 2.56 bits per heavy atom. The summed E-state index contributed by atoms with van der Waals surface area (Å²) in [5, 5.41) is 12.3. The number of carbonyl (C=O) groups is 1. The maximum absolute atomic E-state index is 11.0. The van der Waals surface area contributed by atoms with Crippen LogP contribution in [0.1, 0.15) is 26.7 Å². The van der Waals surface area contributed by atoms with Crippen molar-refractivity contribution in [2.24, 2.45) is 17.8 Å². The summed E-state index contributed by atoms with van der Waals surface area (Å²) < 4.78 is 5.28. The number of carboxylic acid groups (broad SMARTS) is 1. The van der Waals surface area contributed by atoms with E-state index in [4.69, 9.17) is 9.84 Å². The van der Waals surface area contributed by atoms with Gasteiger partial charge in [0.25, 0.3) is 0 Å². The fourth-order valence-electron chi connectivity index (χ4n) is 2.00. The van der Waals surface area contributed by atoms with E-state index in [1.807, 2.05) is 13.8 Å². The molecule has 1 aliphatic rings. The van der Waals surface area contributed by atoms with Crippen molar-refractivity contribution in [3.05, 3.63) is 0 Å². The summed E-state index contributed by atoms with van der Waals surface area (Å²) in [6.45, 7) is 7.09. The Bertz CT molecular complexity index is 212. The maximum Gasteiger partial charge on any atom is 0.308 e. The largest absolute Gasteiger partial charge is 0.481 e. The maximum atomic E-state index is 11.0. The minimum Gasteiger partial charge on any atom is -0.481 e. The lowest BCUT2D eigenvalue weighted by molar-refractivity contribution is -0.143. The second kappa shape index (κ2) is 6.86. The topological polar surface area (TPSA) is 58.6 Å². The predicted molar refractivity (Wildman–Crippen MR) is 62.4 cm³/mol. The Hall–Kier alpha value is -0.610. The zero-order valence-electron chi connectivity index (χ0n) is 10.2. The smallest absolute Gasteiger partial charge is 0.308 e. The highest BCUT2D eigenvalue weighted by molar-refractivity contribution is 5.70. The van der Waals surface area contributed by atoms with Crippen LogP contribution in [0.3, 0.4) is 0 Å². The van der Waals surface area contributed by atoms with E-state index in [2.05, 4.69) is 5.32 Å². The first-order chi connectivity index (χ1) is 7.61. The lowest BCUT2D eigenvalue weighted by atomic mass is 9.95. The van der Waals surface area contributed by atoms with E-state index in [-0.39, 0.29) is 11.8 Å². The normalized spacial score (nSPS) is 19.9. The van der Waals surface area contributed by atoms with Gasteiger partial charge in [0.2, 0.25) is 0 Å². The van der Waals surface area contributed by atoms with E-state index in [9.17, 15) is 4.79 Å². The quantitative estimate of drug-likeness (QED) is 0.722. The van der Waals surface area contributed by atoms with Crippen LogP contribution in [0.4, 0.5) is 0 Å². The average molecular weight is 229 g/mol. The molecule has 0 aliphatic carbocycles. The molecule has 16 heavy (non-hydrogen) atoms. The molecule has 0 bridgehead atoms. The molecule has 4 nitrogen and oxygen atoms in total. The Labute approximate surface area is 97.4 Å². The molecule has 1 aliphatic heterocycles. The lowest BCUT2D eigenvalue weighted by Crippen LogP contribution is -2.35. The minimum absolute atomic E-state index is 0.180. The monoisotopic (exact) mass is 229 g/mol. The molecule has 2 N–H and O–H groups in total. The zero-order valence-corrected chi connectivity index (χ0v) is 10.2. The standard InChI is InChI=1S/C12H23NO3/c1-9(2)11(12(14)15)8-13-7-10-3-5-16-6-4-10/h9-11,13H,3-8H2,1-2H3,(H,14,15). The Balaban J connectivity index is 2.19. The van der Waals surface area contributed by atoms with Crippen molar-refractivity contribution < 1.29 is 14.6 Å². The van der Waals surface area contributed by atoms with E-state index in [1.165, 1.54) is 0 Å². The molecule has 1 saturated heterocycles. The Morgan fingerprint density at radius 1 is 1.44 bits per heavy atom. The predicted octanol–water partition coefficient (Wildman–Crippen LogP) is 1.36. The highest BCUT2D eigenvalue weighted by Gasteiger charge is 2.21. The van der Waals surface area contributed by atoms with Gasteiger partial charge in [0, 0.05) is 19.8 Å². The number of hydrogen-bond donors (Lipinski definition) is 2. The summed E-state index contributed by atoms with van der Waals surface area (Å²) in [6, 6.07) is 0.